The van der Waals surface area contributed by atoms with Crippen LogP contribution < -0.4 is 10.9 Å². The fourth-order valence-electron chi connectivity index (χ4n) is 2.15. The van der Waals surface area contributed by atoms with E-state index in [1.807, 2.05) is 0 Å². The summed E-state index contributed by atoms with van der Waals surface area (Å²) in [6.45, 7) is -1.84. The van der Waals surface area contributed by atoms with Crippen molar-refractivity contribution in [3.63, 3.8) is 0 Å². The third-order valence-corrected chi connectivity index (χ3v) is 3.35. The maximum absolute atomic E-state index is 13.7. The minimum absolute atomic E-state index is 0.524. The molecule has 11 heteroatoms. The molecule has 0 radical (unpaired) electrons. The summed E-state index contributed by atoms with van der Waals surface area (Å²) in [4.78, 5) is 0. The summed E-state index contributed by atoms with van der Waals surface area (Å²) in [5.74, 6) is -24.5. The standard InChI is InChI=1S/C13H3BF10/c1-14(2-4(15)8(19)12(23)9(20)5(2)16)3-6(17)10(21)13(24)11(22)7(3)18/h1H3. The molecule has 2 aromatic rings. The second-order valence-corrected chi connectivity index (χ2v) is 4.69. The van der Waals surface area contributed by atoms with E-state index >= 15 is 0 Å². The monoisotopic (exact) mass is 360 g/mol. The molecule has 0 fully saturated rings. The molecule has 24 heavy (non-hydrogen) atoms. The third-order valence-electron chi connectivity index (χ3n) is 3.35. The molecule has 0 nitrogen and oxygen atoms in total. The Morgan fingerprint density at radius 3 is 0.750 bits per heavy atom. The van der Waals surface area contributed by atoms with Gasteiger partial charge in [-0.1, -0.05) is 6.82 Å². The molecule has 0 unspecified atom stereocenters. The van der Waals surface area contributed by atoms with Gasteiger partial charge in [-0.15, -0.1) is 0 Å². The van der Waals surface area contributed by atoms with Crippen molar-refractivity contribution in [2.24, 2.45) is 0 Å². The molecule has 0 heterocycles. The van der Waals surface area contributed by atoms with Crippen molar-refractivity contribution in [3.05, 3.63) is 58.2 Å². The van der Waals surface area contributed by atoms with Gasteiger partial charge in [0.25, 0.3) is 0 Å². The highest BCUT2D eigenvalue weighted by Gasteiger charge is 2.36. The molecule has 0 aromatic heterocycles. The van der Waals surface area contributed by atoms with E-state index in [4.69, 9.17) is 0 Å². The highest BCUT2D eigenvalue weighted by atomic mass is 19.2. The summed E-state index contributed by atoms with van der Waals surface area (Å²) < 4.78 is 133. The van der Waals surface area contributed by atoms with Gasteiger partial charge in [-0.25, -0.2) is 43.9 Å². The van der Waals surface area contributed by atoms with Crippen molar-refractivity contribution >= 4 is 17.6 Å². The summed E-state index contributed by atoms with van der Waals surface area (Å²) >= 11 is 0. The van der Waals surface area contributed by atoms with Crippen LogP contribution in [0, 0.1) is 58.2 Å². The van der Waals surface area contributed by atoms with Crippen LogP contribution >= 0.6 is 0 Å². The number of benzene rings is 2. The van der Waals surface area contributed by atoms with Gasteiger partial charge >= 0.3 is 0 Å². The number of hydrogen-bond donors (Lipinski definition) is 0. The van der Waals surface area contributed by atoms with Gasteiger partial charge in [0.15, 0.2) is 58.2 Å². The zero-order chi connectivity index (χ0) is 18.5. The van der Waals surface area contributed by atoms with Crippen LogP contribution in [0.2, 0.25) is 6.82 Å². The summed E-state index contributed by atoms with van der Waals surface area (Å²) in [6, 6.07) is 0. The lowest BCUT2D eigenvalue weighted by molar-refractivity contribution is 0.382. The Bertz CT molecular complexity index is 720. The molecule has 0 amide bonds. The smallest absolute Gasteiger partial charge is 0.204 e. The molecular weight excluding hydrogens is 357 g/mol. The molecule has 0 atom stereocenters. The van der Waals surface area contributed by atoms with E-state index < -0.39 is 75.8 Å². The van der Waals surface area contributed by atoms with Crippen molar-refractivity contribution < 1.29 is 43.9 Å². The van der Waals surface area contributed by atoms with Crippen molar-refractivity contribution in [1.29, 1.82) is 0 Å². The molecule has 0 saturated carbocycles. The quantitative estimate of drug-likeness (QED) is 0.334. The van der Waals surface area contributed by atoms with E-state index in [1.165, 1.54) is 0 Å². The van der Waals surface area contributed by atoms with Gasteiger partial charge in [0.1, 0.15) is 0 Å². The number of halogens is 10. The van der Waals surface area contributed by atoms with E-state index in [0.717, 1.165) is 0 Å². The zero-order valence-electron chi connectivity index (χ0n) is 11.4. The van der Waals surface area contributed by atoms with Crippen LogP contribution in [0.25, 0.3) is 0 Å². The minimum atomic E-state index is -2.53. The SMILES string of the molecule is CB(c1c(F)c(F)c(F)c(F)c1F)c1c(F)c(F)c(F)c(F)c1F. The zero-order valence-corrected chi connectivity index (χ0v) is 11.4. The molecule has 0 spiro atoms. The van der Waals surface area contributed by atoms with Crippen LogP contribution in [0.4, 0.5) is 43.9 Å². The Morgan fingerprint density at radius 1 is 0.375 bits per heavy atom. The van der Waals surface area contributed by atoms with Crippen LogP contribution in [0.3, 0.4) is 0 Å². The fourth-order valence-corrected chi connectivity index (χ4v) is 2.15. The van der Waals surface area contributed by atoms with E-state index in [9.17, 15) is 43.9 Å². The van der Waals surface area contributed by atoms with Crippen LogP contribution in [0.15, 0.2) is 0 Å². The third kappa shape index (κ3) is 2.42. The van der Waals surface area contributed by atoms with Crippen LogP contribution in [-0.4, -0.2) is 6.71 Å². The lowest BCUT2D eigenvalue weighted by atomic mass is 9.42. The van der Waals surface area contributed by atoms with E-state index in [-0.39, 0.29) is 0 Å². The molecular formula is C13H3BF10. The molecule has 0 bridgehead atoms. The summed E-state index contributed by atoms with van der Waals surface area (Å²) in [6.07, 6.45) is 0. The second kappa shape index (κ2) is 6.02. The molecule has 128 valence electrons. The Kier molecular flexibility index (Phi) is 4.56. The average Bonchev–Trinajstić information content (AvgIpc) is 2.55. The Morgan fingerprint density at radius 2 is 0.542 bits per heavy atom. The molecule has 0 aliphatic carbocycles. The Hall–Kier alpha value is -2.20. The van der Waals surface area contributed by atoms with Crippen LogP contribution in [0.5, 0.6) is 0 Å². The van der Waals surface area contributed by atoms with Crippen LogP contribution in [-0.2, 0) is 0 Å². The van der Waals surface area contributed by atoms with Gasteiger partial charge < -0.3 is 0 Å². The van der Waals surface area contributed by atoms with Gasteiger partial charge in [0, 0.05) is 10.9 Å². The van der Waals surface area contributed by atoms with Gasteiger partial charge in [-0.05, 0) is 0 Å². The van der Waals surface area contributed by atoms with Gasteiger partial charge in [-0.2, -0.15) is 0 Å². The van der Waals surface area contributed by atoms with E-state index in [1.54, 1.807) is 0 Å². The summed E-state index contributed by atoms with van der Waals surface area (Å²) in [5, 5.41) is 0. The Labute approximate surface area is 127 Å². The predicted molar refractivity (Wildman–Crippen MR) is 63.3 cm³/mol. The van der Waals surface area contributed by atoms with Crippen molar-refractivity contribution in [3.8, 4) is 0 Å². The second-order valence-electron chi connectivity index (χ2n) is 4.69. The fraction of sp³-hybridized carbons (Fsp3) is 0.0769. The summed E-state index contributed by atoms with van der Waals surface area (Å²) in [5.41, 5.74) is -3.45. The molecule has 2 rings (SSSR count). The maximum atomic E-state index is 13.7. The molecule has 0 saturated heterocycles. The minimum Gasteiger partial charge on any atom is -0.204 e. The lowest BCUT2D eigenvalue weighted by Gasteiger charge is -2.15. The van der Waals surface area contributed by atoms with Gasteiger partial charge in [-0.3, -0.25) is 0 Å². The maximum Gasteiger partial charge on any atom is 0.222 e. The predicted octanol–water partition coefficient (Wildman–Crippen LogP) is 3.32. The molecule has 0 aliphatic heterocycles. The van der Waals surface area contributed by atoms with E-state index in [2.05, 4.69) is 0 Å². The molecule has 0 aliphatic rings. The first-order valence-electron chi connectivity index (χ1n) is 6.04. The first-order valence-corrected chi connectivity index (χ1v) is 6.04. The molecule has 2 aromatic carbocycles. The summed E-state index contributed by atoms with van der Waals surface area (Å²) in [7, 11) is 0. The Balaban J connectivity index is 2.84. The largest absolute Gasteiger partial charge is 0.222 e. The highest BCUT2D eigenvalue weighted by Crippen LogP contribution is 2.20. The normalized spacial score (nSPS) is 11.1. The topological polar surface area (TPSA) is 0 Å². The average molecular weight is 360 g/mol. The molecule has 0 N–H and O–H groups in total. The van der Waals surface area contributed by atoms with Crippen LogP contribution in [0.1, 0.15) is 0 Å². The van der Waals surface area contributed by atoms with E-state index in [0.29, 0.717) is 6.82 Å². The number of rotatable bonds is 2. The first kappa shape index (κ1) is 18.1. The van der Waals surface area contributed by atoms with Gasteiger partial charge in [0.2, 0.25) is 6.71 Å². The first-order chi connectivity index (χ1) is 11.0. The highest BCUT2D eigenvalue weighted by molar-refractivity contribution is 6.84. The lowest BCUT2D eigenvalue weighted by Crippen LogP contribution is -2.48. The van der Waals surface area contributed by atoms with Crippen molar-refractivity contribution in [2.45, 2.75) is 6.82 Å². The van der Waals surface area contributed by atoms with Gasteiger partial charge in [0.05, 0.1) is 0 Å². The number of hydrogen-bond acceptors (Lipinski definition) is 0. The van der Waals surface area contributed by atoms with Crippen molar-refractivity contribution in [1.82, 2.24) is 0 Å². The van der Waals surface area contributed by atoms with Crippen molar-refractivity contribution in [2.75, 3.05) is 0 Å².